The lowest BCUT2D eigenvalue weighted by molar-refractivity contribution is 0.668. The molecule has 0 amide bonds. The Hall–Kier alpha value is -7.83. The van der Waals surface area contributed by atoms with Crippen LogP contribution in [0.15, 0.2) is 191 Å². The number of fused-ring (bicyclic) bond motifs is 9. The van der Waals surface area contributed by atoms with Crippen molar-refractivity contribution in [2.45, 2.75) is 0 Å². The zero-order chi connectivity index (χ0) is 37.5. The van der Waals surface area contributed by atoms with E-state index in [2.05, 4.69) is 120 Å². The molecule has 266 valence electrons. The Kier molecular flexibility index (Phi) is 6.83. The van der Waals surface area contributed by atoms with Gasteiger partial charge in [-0.2, -0.15) is 0 Å². The van der Waals surface area contributed by atoms with Gasteiger partial charge in [0.05, 0.1) is 11.0 Å². The summed E-state index contributed by atoms with van der Waals surface area (Å²) in [6.07, 6.45) is 0. The lowest BCUT2D eigenvalue weighted by atomic mass is 9.98. The van der Waals surface area contributed by atoms with Crippen molar-refractivity contribution >= 4 is 65.7 Å². The summed E-state index contributed by atoms with van der Waals surface area (Å²) in [6, 6.07) is 62.8. The first kappa shape index (κ1) is 31.5. The number of benzene rings is 8. The summed E-state index contributed by atoms with van der Waals surface area (Å²) in [7, 11) is 0. The lowest BCUT2D eigenvalue weighted by Crippen LogP contribution is -2.00. The molecule has 6 nitrogen and oxygen atoms in total. The average Bonchev–Trinajstić information content (AvgIpc) is 3.95. The number of para-hydroxylation sites is 3. The van der Waals surface area contributed by atoms with Crippen LogP contribution in [0.1, 0.15) is 0 Å². The van der Waals surface area contributed by atoms with E-state index in [9.17, 15) is 0 Å². The van der Waals surface area contributed by atoms with Crippen LogP contribution in [0.4, 0.5) is 0 Å². The third-order valence-corrected chi connectivity index (χ3v) is 11.1. The molecule has 0 unspecified atom stereocenters. The van der Waals surface area contributed by atoms with Crippen LogP contribution in [0, 0.1) is 0 Å². The summed E-state index contributed by atoms with van der Waals surface area (Å²) in [5, 5.41) is 6.63. The van der Waals surface area contributed by atoms with Crippen molar-refractivity contribution in [2.24, 2.45) is 0 Å². The molecule has 0 spiro atoms. The molecule has 8 aromatic carbocycles. The molecule has 0 bridgehead atoms. The molecule has 0 aliphatic rings. The Bertz CT molecular complexity index is 3530. The number of aromatic nitrogens is 4. The van der Waals surface area contributed by atoms with Gasteiger partial charge in [0.1, 0.15) is 22.3 Å². The van der Waals surface area contributed by atoms with E-state index >= 15 is 0 Å². The van der Waals surface area contributed by atoms with Crippen LogP contribution in [0.5, 0.6) is 0 Å². The van der Waals surface area contributed by atoms with E-state index in [0.717, 1.165) is 82.9 Å². The van der Waals surface area contributed by atoms with Gasteiger partial charge in [0, 0.05) is 54.7 Å². The summed E-state index contributed by atoms with van der Waals surface area (Å²) in [5.74, 6) is 1.75. The average molecular weight is 731 g/mol. The monoisotopic (exact) mass is 730 g/mol. The van der Waals surface area contributed by atoms with E-state index < -0.39 is 0 Å². The lowest BCUT2D eigenvalue weighted by Gasteiger charge is -2.10. The maximum Gasteiger partial charge on any atom is 0.164 e. The van der Waals surface area contributed by atoms with Gasteiger partial charge in [0.25, 0.3) is 0 Å². The smallest absolute Gasteiger partial charge is 0.164 e. The van der Waals surface area contributed by atoms with Crippen molar-refractivity contribution < 1.29 is 8.83 Å². The van der Waals surface area contributed by atoms with Crippen LogP contribution < -0.4 is 0 Å². The zero-order valence-corrected chi connectivity index (χ0v) is 30.4. The van der Waals surface area contributed by atoms with Gasteiger partial charge in [-0.15, -0.1) is 0 Å². The molecule has 12 rings (SSSR count). The summed E-state index contributed by atoms with van der Waals surface area (Å²) < 4.78 is 15.1. The van der Waals surface area contributed by atoms with Crippen molar-refractivity contribution in [3.05, 3.63) is 182 Å². The SMILES string of the molecule is c1ccc(-c2nc(-c3ccc4c(c3)oc3cccc(-c5ccc6c7ccccc7n(-c7ccccc7)c6c5)c34)nc(-c3ccc4oc5ccccc5c4c3)n2)cc1. The first-order valence-electron chi connectivity index (χ1n) is 19.0. The molecule has 0 N–H and O–H groups in total. The first-order chi connectivity index (χ1) is 28.2. The molecule has 0 saturated carbocycles. The molecule has 6 heteroatoms. The van der Waals surface area contributed by atoms with Crippen LogP contribution in [0.3, 0.4) is 0 Å². The van der Waals surface area contributed by atoms with Crippen molar-refractivity contribution in [1.29, 1.82) is 0 Å². The Balaban J connectivity index is 1.01. The van der Waals surface area contributed by atoms with Gasteiger partial charge in [-0.3, -0.25) is 0 Å². The maximum atomic E-state index is 6.63. The van der Waals surface area contributed by atoms with E-state index in [1.54, 1.807) is 0 Å². The molecule has 0 radical (unpaired) electrons. The minimum atomic E-state index is 0.567. The van der Waals surface area contributed by atoms with Gasteiger partial charge in [-0.25, -0.2) is 15.0 Å². The van der Waals surface area contributed by atoms with Crippen LogP contribution in [0.2, 0.25) is 0 Å². The highest BCUT2D eigenvalue weighted by molar-refractivity contribution is 6.15. The maximum absolute atomic E-state index is 6.63. The van der Waals surface area contributed by atoms with Gasteiger partial charge < -0.3 is 13.4 Å². The van der Waals surface area contributed by atoms with Gasteiger partial charge in [-0.05, 0) is 77.9 Å². The van der Waals surface area contributed by atoms with E-state index in [1.807, 2.05) is 66.7 Å². The van der Waals surface area contributed by atoms with Crippen molar-refractivity contribution in [3.63, 3.8) is 0 Å². The topological polar surface area (TPSA) is 69.9 Å². The second-order valence-corrected chi connectivity index (χ2v) is 14.4. The fourth-order valence-electron chi connectivity index (χ4n) is 8.41. The largest absolute Gasteiger partial charge is 0.456 e. The van der Waals surface area contributed by atoms with Crippen molar-refractivity contribution in [3.8, 4) is 51.0 Å². The molecule has 0 aliphatic heterocycles. The van der Waals surface area contributed by atoms with Crippen molar-refractivity contribution in [2.75, 3.05) is 0 Å². The van der Waals surface area contributed by atoms with Crippen LogP contribution >= 0.6 is 0 Å². The van der Waals surface area contributed by atoms with Gasteiger partial charge >= 0.3 is 0 Å². The first-order valence-corrected chi connectivity index (χ1v) is 19.0. The Morgan fingerprint density at radius 1 is 0.333 bits per heavy atom. The molecule has 4 aromatic heterocycles. The van der Waals surface area contributed by atoms with Crippen LogP contribution in [0.25, 0.3) is 117 Å². The quantitative estimate of drug-likeness (QED) is 0.176. The van der Waals surface area contributed by atoms with Gasteiger partial charge in [0.15, 0.2) is 17.5 Å². The summed E-state index contributed by atoms with van der Waals surface area (Å²) >= 11 is 0. The van der Waals surface area contributed by atoms with E-state index in [1.165, 1.54) is 16.3 Å². The Morgan fingerprint density at radius 3 is 1.77 bits per heavy atom. The molecule has 0 aliphatic carbocycles. The molecule has 0 atom stereocenters. The predicted molar refractivity (Wildman–Crippen MR) is 230 cm³/mol. The van der Waals surface area contributed by atoms with E-state index in [4.69, 9.17) is 23.8 Å². The zero-order valence-electron chi connectivity index (χ0n) is 30.4. The molecule has 4 heterocycles. The molecule has 57 heavy (non-hydrogen) atoms. The molecular weight excluding hydrogens is 701 g/mol. The highest BCUT2D eigenvalue weighted by Gasteiger charge is 2.19. The molecule has 0 saturated heterocycles. The minimum absolute atomic E-state index is 0.567. The molecule has 12 aromatic rings. The summed E-state index contributed by atoms with van der Waals surface area (Å²) in [4.78, 5) is 15.1. The number of hydrogen-bond acceptors (Lipinski definition) is 5. The van der Waals surface area contributed by atoms with Gasteiger partial charge in [-0.1, -0.05) is 115 Å². The molecule has 0 fully saturated rings. The highest BCUT2D eigenvalue weighted by atomic mass is 16.3. The summed E-state index contributed by atoms with van der Waals surface area (Å²) in [6.45, 7) is 0. The van der Waals surface area contributed by atoms with Crippen LogP contribution in [-0.4, -0.2) is 19.5 Å². The van der Waals surface area contributed by atoms with E-state index in [0.29, 0.717) is 17.5 Å². The van der Waals surface area contributed by atoms with Crippen LogP contribution in [-0.2, 0) is 0 Å². The Labute approximate surface area is 325 Å². The van der Waals surface area contributed by atoms with Crippen molar-refractivity contribution in [1.82, 2.24) is 19.5 Å². The number of nitrogens with zero attached hydrogens (tertiary/aromatic N) is 4. The van der Waals surface area contributed by atoms with E-state index in [-0.39, 0.29) is 0 Å². The number of furan rings is 2. The minimum Gasteiger partial charge on any atom is -0.456 e. The summed E-state index contributed by atoms with van der Waals surface area (Å²) in [5.41, 5.74) is 11.6. The number of rotatable bonds is 5. The van der Waals surface area contributed by atoms with Gasteiger partial charge in [0.2, 0.25) is 0 Å². The predicted octanol–water partition coefficient (Wildman–Crippen LogP) is 13.4. The third-order valence-electron chi connectivity index (χ3n) is 11.1. The molecular formula is C51H30N4O2. The second-order valence-electron chi connectivity index (χ2n) is 14.4. The third kappa shape index (κ3) is 5.01. The second kappa shape index (κ2) is 12.3. The standard InChI is InChI=1S/C51H30N4O2/c1-3-12-31(13-4-1)49-52-50(33-24-27-45-41(28-33)39-17-8-10-20-44(39)56-45)54-51(53-49)34-23-26-40-47(30-34)57-46-21-11-18-36(48(40)46)32-22-25-38-37-16-7-9-19-42(37)55(43(38)29-32)35-14-5-2-6-15-35/h1-30H. The number of hydrogen-bond donors (Lipinski definition) is 0. The fraction of sp³-hybridized carbons (Fsp3) is 0. The fourth-order valence-corrected chi connectivity index (χ4v) is 8.41. The highest BCUT2D eigenvalue weighted by Crippen LogP contribution is 2.41. The Morgan fingerprint density at radius 2 is 0.930 bits per heavy atom. The normalized spacial score (nSPS) is 11.9.